The molecule has 6 heteroatoms. The lowest BCUT2D eigenvalue weighted by Gasteiger charge is -2.40. The largest absolute Gasteiger partial charge is 0.760 e. The number of piperazine rings is 1. The Kier molecular flexibility index (Phi) is 5.46. The van der Waals surface area contributed by atoms with Crippen LogP contribution in [-0.2, 0) is 11.3 Å². The standard InChI is InChI=1S/C17H19ClN2O2S/c18-16-8-6-15(7-9-16)17(14-4-2-1-3-5-14)19-10-12-20(13-11-19)23(21)22/h1-9,17H,10-13H2,(H,21,22)/p-1. The minimum atomic E-state index is -2.13. The van der Waals surface area contributed by atoms with Gasteiger partial charge in [0.15, 0.2) is 0 Å². The maximum absolute atomic E-state index is 11.1. The molecule has 0 amide bonds. The van der Waals surface area contributed by atoms with E-state index in [-0.39, 0.29) is 6.04 Å². The Balaban J connectivity index is 1.87. The Morgan fingerprint density at radius 2 is 1.48 bits per heavy atom. The van der Waals surface area contributed by atoms with Gasteiger partial charge in [0.2, 0.25) is 0 Å². The lowest BCUT2D eigenvalue weighted by molar-refractivity contribution is 0.154. The van der Waals surface area contributed by atoms with Gasteiger partial charge in [0.1, 0.15) is 0 Å². The van der Waals surface area contributed by atoms with Crippen molar-refractivity contribution in [2.75, 3.05) is 26.2 Å². The fraction of sp³-hybridized carbons (Fsp3) is 0.294. The molecule has 1 aliphatic heterocycles. The van der Waals surface area contributed by atoms with E-state index in [0.29, 0.717) is 31.2 Å². The SMILES string of the molecule is O=S([O-])N1CCN(C(c2ccccc2)c2ccc(Cl)cc2)CC1. The zero-order chi connectivity index (χ0) is 16.2. The van der Waals surface area contributed by atoms with Gasteiger partial charge < -0.3 is 4.55 Å². The van der Waals surface area contributed by atoms with Crippen molar-refractivity contribution in [1.29, 1.82) is 0 Å². The van der Waals surface area contributed by atoms with Crippen LogP contribution in [0, 0.1) is 0 Å². The first-order valence-corrected chi connectivity index (χ1v) is 8.95. The van der Waals surface area contributed by atoms with Crippen molar-refractivity contribution in [3.05, 3.63) is 70.7 Å². The van der Waals surface area contributed by atoms with E-state index in [4.69, 9.17) is 11.6 Å². The van der Waals surface area contributed by atoms with Crippen LogP contribution in [0.5, 0.6) is 0 Å². The van der Waals surface area contributed by atoms with Gasteiger partial charge in [-0.25, -0.2) is 4.31 Å². The molecule has 23 heavy (non-hydrogen) atoms. The van der Waals surface area contributed by atoms with E-state index in [1.807, 2.05) is 42.5 Å². The molecule has 1 saturated heterocycles. The maximum atomic E-state index is 11.1. The molecule has 0 aromatic heterocycles. The fourth-order valence-corrected chi connectivity index (χ4v) is 3.59. The summed E-state index contributed by atoms with van der Waals surface area (Å²) in [6.45, 7) is 2.45. The van der Waals surface area contributed by atoms with Crippen molar-refractivity contribution in [1.82, 2.24) is 9.21 Å². The highest BCUT2D eigenvalue weighted by Crippen LogP contribution is 2.30. The highest BCUT2D eigenvalue weighted by molar-refractivity contribution is 7.76. The van der Waals surface area contributed by atoms with Crippen LogP contribution in [0.15, 0.2) is 54.6 Å². The van der Waals surface area contributed by atoms with Gasteiger partial charge in [-0.2, -0.15) is 0 Å². The minimum absolute atomic E-state index is 0.107. The Hall–Kier alpha value is -1.24. The van der Waals surface area contributed by atoms with Crippen LogP contribution >= 0.6 is 11.6 Å². The quantitative estimate of drug-likeness (QED) is 0.797. The van der Waals surface area contributed by atoms with E-state index in [0.717, 1.165) is 5.56 Å². The molecule has 3 rings (SSSR count). The molecule has 2 atom stereocenters. The monoisotopic (exact) mass is 349 g/mol. The summed E-state index contributed by atoms with van der Waals surface area (Å²) in [5, 5.41) is 0.715. The van der Waals surface area contributed by atoms with Crippen molar-refractivity contribution >= 4 is 22.9 Å². The molecule has 0 radical (unpaired) electrons. The Bertz CT molecular complexity index is 658. The lowest BCUT2D eigenvalue weighted by atomic mass is 9.96. The molecule has 2 aromatic rings. The molecular formula is C17H18ClN2O2S-. The van der Waals surface area contributed by atoms with Crippen molar-refractivity contribution < 1.29 is 8.76 Å². The van der Waals surface area contributed by atoms with Gasteiger partial charge in [-0.05, 0) is 23.3 Å². The summed E-state index contributed by atoms with van der Waals surface area (Å²) >= 11 is 3.88. The zero-order valence-corrected chi connectivity index (χ0v) is 14.2. The summed E-state index contributed by atoms with van der Waals surface area (Å²) in [5.74, 6) is 0. The van der Waals surface area contributed by atoms with Crippen LogP contribution < -0.4 is 0 Å². The summed E-state index contributed by atoms with van der Waals surface area (Å²) in [4.78, 5) is 2.32. The number of hydrogen-bond donors (Lipinski definition) is 0. The van der Waals surface area contributed by atoms with Crippen molar-refractivity contribution in [2.45, 2.75) is 6.04 Å². The van der Waals surface area contributed by atoms with Gasteiger partial charge in [0.05, 0.1) is 6.04 Å². The van der Waals surface area contributed by atoms with E-state index in [2.05, 4.69) is 17.0 Å². The molecule has 1 heterocycles. The summed E-state index contributed by atoms with van der Waals surface area (Å²) in [6.07, 6.45) is 0. The average Bonchev–Trinajstić information content (AvgIpc) is 2.58. The number of benzene rings is 2. The molecule has 0 aliphatic carbocycles. The van der Waals surface area contributed by atoms with Crippen molar-refractivity contribution in [3.8, 4) is 0 Å². The van der Waals surface area contributed by atoms with E-state index >= 15 is 0 Å². The van der Waals surface area contributed by atoms with Gasteiger partial charge >= 0.3 is 0 Å². The van der Waals surface area contributed by atoms with Gasteiger partial charge in [0.25, 0.3) is 0 Å². The predicted octanol–water partition coefficient (Wildman–Crippen LogP) is 2.84. The number of rotatable bonds is 4. The Labute approximate surface area is 144 Å². The topological polar surface area (TPSA) is 46.6 Å². The molecule has 0 bridgehead atoms. The van der Waals surface area contributed by atoms with Gasteiger partial charge in [-0.1, -0.05) is 54.1 Å². The highest BCUT2D eigenvalue weighted by atomic mass is 35.5. The zero-order valence-electron chi connectivity index (χ0n) is 12.6. The minimum Gasteiger partial charge on any atom is -0.760 e. The molecule has 0 spiro atoms. The van der Waals surface area contributed by atoms with E-state index in [9.17, 15) is 8.76 Å². The van der Waals surface area contributed by atoms with Crippen LogP contribution in [0.25, 0.3) is 0 Å². The van der Waals surface area contributed by atoms with Crippen LogP contribution in [0.2, 0.25) is 5.02 Å². The summed E-state index contributed by atoms with van der Waals surface area (Å²) in [5.41, 5.74) is 2.36. The summed E-state index contributed by atoms with van der Waals surface area (Å²) < 4.78 is 23.7. The normalized spacial score (nSPS) is 19.4. The van der Waals surface area contributed by atoms with Gasteiger partial charge in [-0.3, -0.25) is 9.11 Å². The van der Waals surface area contributed by atoms with Crippen LogP contribution in [0.3, 0.4) is 0 Å². The van der Waals surface area contributed by atoms with E-state index in [1.165, 1.54) is 9.87 Å². The second-order valence-corrected chi connectivity index (χ2v) is 6.93. The molecule has 1 aliphatic rings. The second-order valence-electron chi connectivity index (χ2n) is 5.55. The fourth-order valence-electron chi connectivity index (χ4n) is 3.01. The summed E-state index contributed by atoms with van der Waals surface area (Å²) in [6, 6.07) is 18.3. The van der Waals surface area contributed by atoms with Crippen LogP contribution in [0.1, 0.15) is 17.2 Å². The number of hydrogen-bond acceptors (Lipinski definition) is 3. The second kappa shape index (κ2) is 7.55. The first-order valence-electron chi connectivity index (χ1n) is 7.54. The molecule has 4 nitrogen and oxygen atoms in total. The van der Waals surface area contributed by atoms with Crippen LogP contribution in [-0.4, -0.2) is 44.1 Å². The molecule has 0 saturated carbocycles. The average molecular weight is 350 g/mol. The molecule has 1 fully saturated rings. The maximum Gasteiger partial charge on any atom is 0.0602 e. The van der Waals surface area contributed by atoms with Crippen molar-refractivity contribution in [2.24, 2.45) is 0 Å². The lowest BCUT2D eigenvalue weighted by Crippen LogP contribution is -2.48. The first kappa shape index (κ1) is 16.6. The third-order valence-corrected chi connectivity index (χ3v) is 5.19. The molecule has 0 N–H and O–H groups in total. The molecule has 2 unspecified atom stereocenters. The Morgan fingerprint density at radius 1 is 0.913 bits per heavy atom. The van der Waals surface area contributed by atoms with Crippen LogP contribution in [0.4, 0.5) is 0 Å². The smallest absolute Gasteiger partial charge is 0.0602 e. The predicted molar refractivity (Wildman–Crippen MR) is 91.8 cm³/mol. The van der Waals surface area contributed by atoms with Gasteiger partial charge in [-0.15, -0.1) is 0 Å². The molecular weight excluding hydrogens is 332 g/mol. The number of nitrogens with zero attached hydrogens (tertiary/aromatic N) is 2. The summed E-state index contributed by atoms with van der Waals surface area (Å²) in [7, 11) is 0. The molecule has 122 valence electrons. The van der Waals surface area contributed by atoms with Crippen molar-refractivity contribution in [3.63, 3.8) is 0 Å². The third-order valence-electron chi connectivity index (χ3n) is 4.15. The van der Waals surface area contributed by atoms with E-state index < -0.39 is 11.3 Å². The van der Waals surface area contributed by atoms with Gasteiger partial charge in [0, 0.05) is 42.5 Å². The number of halogens is 1. The highest BCUT2D eigenvalue weighted by Gasteiger charge is 2.26. The first-order chi connectivity index (χ1) is 11.1. The third kappa shape index (κ3) is 4.00. The Morgan fingerprint density at radius 3 is 2.04 bits per heavy atom. The van der Waals surface area contributed by atoms with E-state index in [1.54, 1.807) is 0 Å². The molecule has 2 aromatic carbocycles.